The Morgan fingerprint density at radius 3 is 3.00 bits per heavy atom. The van der Waals surface area contributed by atoms with E-state index in [0.717, 1.165) is 19.4 Å². The fourth-order valence-electron chi connectivity index (χ4n) is 2.45. The van der Waals surface area contributed by atoms with E-state index in [-0.39, 0.29) is 0 Å². The van der Waals surface area contributed by atoms with Crippen LogP contribution in [0.2, 0.25) is 0 Å². The largest absolute Gasteiger partial charge is 0.330 e. The molecule has 0 radical (unpaired) electrons. The molecule has 1 atom stereocenters. The van der Waals surface area contributed by atoms with Crippen molar-refractivity contribution in [2.45, 2.75) is 45.6 Å². The monoisotopic (exact) mass is 193 g/mol. The molecule has 2 N–H and O–H groups in total. The van der Waals surface area contributed by atoms with E-state index in [1.807, 2.05) is 0 Å². The Morgan fingerprint density at radius 1 is 1.50 bits per heavy atom. The summed E-state index contributed by atoms with van der Waals surface area (Å²) < 4.78 is 2.41. The van der Waals surface area contributed by atoms with Crippen LogP contribution < -0.4 is 5.73 Å². The second-order valence-electron chi connectivity index (χ2n) is 4.19. The van der Waals surface area contributed by atoms with Gasteiger partial charge in [-0.15, -0.1) is 0 Å². The van der Waals surface area contributed by atoms with Crippen LogP contribution >= 0.6 is 0 Å². The zero-order chi connectivity index (χ0) is 10.1. The van der Waals surface area contributed by atoms with E-state index in [1.165, 1.54) is 30.1 Å². The minimum absolute atomic E-state index is 0.602. The van der Waals surface area contributed by atoms with Gasteiger partial charge in [0.05, 0.1) is 5.69 Å². The molecule has 1 aliphatic heterocycles. The van der Waals surface area contributed by atoms with Gasteiger partial charge in [-0.25, -0.2) is 4.98 Å². The highest BCUT2D eigenvalue weighted by molar-refractivity contribution is 5.17. The fraction of sp³-hybridized carbons (Fsp3) is 0.727. The number of nitrogens with two attached hydrogens (primary N) is 1. The average molecular weight is 193 g/mol. The Balaban J connectivity index is 2.36. The molecule has 0 spiro atoms. The van der Waals surface area contributed by atoms with Crippen LogP contribution in [0.15, 0.2) is 0 Å². The first kappa shape index (κ1) is 9.71. The molecular formula is C11H19N3. The molecule has 0 fully saturated rings. The van der Waals surface area contributed by atoms with Crippen LogP contribution in [0.4, 0.5) is 0 Å². The summed E-state index contributed by atoms with van der Waals surface area (Å²) in [4.78, 5) is 4.61. The zero-order valence-electron chi connectivity index (χ0n) is 9.08. The van der Waals surface area contributed by atoms with Gasteiger partial charge in [0, 0.05) is 18.2 Å². The van der Waals surface area contributed by atoms with Gasteiger partial charge in [-0.3, -0.25) is 0 Å². The van der Waals surface area contributed by atoms with E-state index < -0.39 is 0 Å². The topological polar surface area (TPSA) is 43.8 Å². The number of hydrogen-bond donors (Lipinski definition) is 1. The normalized spacial score (nSPS) is 20.9. The third-order valence-corrected chi connectivity index (χ3v) is 3.26. The quantitative estimate of drug-likeness (QED) is 0.777. The predicted octanol–water partition coefficient (Wildman–Crippen LogP) is 1.73. The third-order valence-electron chi connectivity index (χ3n) is 3.26. The SMILES string of the molecule is Cc1nc2n(c1C)C(CCN)CCC2. The van der Waals surface area contributed by atoms with Crippen LogP contribution in [0, 0.1) is 13.8 Å². The van der Waals surface area contributed by atoms with Gasteiger partial charge in [0.2, 0.25) is 0 Å². The van der Waals surface area contributed by atoms with Crippen molar-refractivity contribution >= 4 is 0 Å². The molecule has 0 aliphatic carbocycles. The second-order valence-corrected chi connectivity index (χ2v) is 4.19. The Hall–Kier alpha value is -0.830. The van der Waals surface area contributed by atoms with Gasteiger partial charge in [-0.1, -0.05) is 0 Å². The van der Waals surface area contributed by atoms with Crippen molar-refractivity contribution in [2.75, 3.05) is 6.54 Å². The Kier molecular flexibility index (Phi) is 2.59. The predicted molar refractivity (Wildman–Crippen MR) is 57.3 cm³/mol. The number of nitrogens with zero attached hydrogens (tertiary/aromatic N) is 2. The van der Waals surface area contributed by atoms with Crippen LogP contribution in [0.1, 0.15) is 42.5 Å². The molecule has 3 heteroatoms. The first-order valence-corrected chi connectivity index (χ1v) is 5.48. The highest BCUT2D eigenvalue weighted by Gasteiger charge is 2.22. The molecule has 78 valence electrons. The average Bonchev–Trinajstić information content (AvgIpc) is 2.45. The number of hydrogen-bond acceptors (Lipinski definition) is 2. The van der Waals surface area contributed by atoms with E-state index in [2.05, 4.69) is 23.4 Å². The first-order valence-electron chi connectivity index (χ1n) is 5.48. The molecule has 0 saturated heterocycles. The minimum Gasteiger partial charge on any atom is -0.330 e. The van der Waals surface area contributed by atoms with Crippen molar-refractivity contribution in [1.82, 2.24) is 9.55 Å². The van der Waals surface area contributed by atoms with Crippen molar-refractivity contribution in [3.63, 3.8) is 0 Å². The summed E-state index contributed by atoms with van der Waals surface area (Å²) in [7, 11) is 0. The standard InChI is InChI=1S/C11H19N3/c1-8-9(2)14-10(6-7-12)4-3-5-11(14)13-8/h10H,3-7,12H2,1-2H3. The van der Waals surface area contributed by atoms with E-state index in [0.29, 0.717) is 6.04 Å². The highest BCUT2D eigenvalue weighted by Crippen LogP contribution is 2.29. The van der Waals surface area contributed by atoms with Gasteiger partial charge >= 0.3 is 0 Å². The smallest absolute Gasteiger partial charge is 0.109 e. The van der Waals surface area contributed by atoms with Gasteiger partial charge in [-0.2, -0.15) is 0 Å². The van der Waals surface area contributed by atoms with Crippen molar-refractivity contribution in [2.24, 2.45) is 5.73 Å². The molecule has 0 bridgehead atoms. The number of fused-ring (bicyclic) bond motifs is 1. The summed E-state index contributed by atoms with van der Waals surface area (Å²) in [6, 6.07) is 0.602. The molecule has 2 heterocycles. The molecule has 1 aromatic rings. The van der Waals surface area contributed by atoms with Gasteiger partial charge in [0.1, 0.15) is 5.82 Å². The van der Waals surface area contributed by atoms with Crippen molar-refractivity contribution in [3.8, 4) is 0 Å². The van der Waals surface area contributed by atoms with Gasteiger partial charge in [0.15, 0.2) is 0 Å². The van der Waals surface area contributed by atoms with E-state index >= 15 is 0 Å². The fourth-order valence-corrected chi connectivity index (χ4v) is 2.45. The zero-order valence-corrected chi connectivity index (χ0v) is 9.08. The molecule has 1 aliphatic rings. The Morgan fingerprint density at radius 2 is 2.29 bits per heavy atom. The molecule has 14 heavy (non-hydrogen) atoms. The van der Waals surface area contributed by atoms with Crippen LogP contribution in [-0.2, 0) is 6.42 Å². The van der Waals surface area contributed by atoms with Crippen LogP contribution in [-0.4, -0.2) is 16.1 Å². The highest BCUT2D eigenvalue weighted by atomic mass is 15.1. The molecule has 0 amide bonds. The molecule has 0 saturated carbocycles. The lowest BCUT2D eigenvalue weighted by molar-refractivity contribution is 0.373. The molecule has 2 rings (SSSR count). The van der Waals surface area contributed by atoms with Crippen LogP contribution in [0.5, 0.6) is 0 Å². The van der Waals surface area contributed by atoms with Crippen molar-refractivity contribution in [1.29, 1.82) is 0 Å². The van der Waals surface area contributed by atoms with Crippen LogP contribution in [0.25, 0.3) is 0 Å². The summed E-state index contributed by atoms with van der Waals surface area (Å²) in [5.41, 5.74) is 8.16. The summed E-state index contributed by atoms with van der Waals surface area (Å²) in [6.45, 7) is 5.04. The number of rotatable bonds is 2. The summed E-state index contributed by atoms with van der Waals surface area (Å²) in [5, 5.41) is 0. The summed E-state index contributed by atoms with van der Waals surface area (Å²) in [5.74, 6) is 1.27. The second kappa shape index (κ2) is 3.73. The van der Waals surface area contributed by atoms with Gasteiger partial charge in [-0.05, 0) is 39.7 Å². The van der Waals surface area contributed by atoms with E-state index in [4.69, 9.17) is 5.73 Å². The molecule has 1 unspecified atom stereocenters. The minimum atomic E-state index is 0.602. The van der Waals surface area contributed by atoms with Crippen LogP contribution in [0.3, 0.4) is 0 Å². The first-order chi connectivity index (χ1) is 6.74. The number of imidazole rings is 1. The summed E-state index contributed by atoms with van der Waals surface area (Å²) >= 11 is 0. The van der Waals surface area contributed by atoms with E-state index in [1.54, 1.807) is 0 Å². The van der Waals surface area contributed by atoms with Gasteiger partial charge < -0.3 is 10.3 Å². The van der Waals surface area contributed by atoms with E-state index in [9.17, 15) is 0 Å². The number of aryl methyl sites for hydroxylation is 2. The van der Waals surface area contributed by atoms with Crippen molar-refractivity contribution in [3.05, 3.63) is 17.2 Å². The molecule has 3 nitrogen and oxygen atoms in total. The van der Waals surface area contributed by atoms with Gasteiger partial charge in [0.25, 0.3) is 0 Å². The Bertz CT molecular complexity index is 328. The molecular weight excluding hydrogens is 174 g/mol. The molecule has 0 aromatic carbocycles. The maximum atomic E-state index is 5.64. The third kappa shape index (κ3) is 1.46. The van der Waals surface area contributed by atoms with Crippen molar-refractivity contribution < 1.29 is 0 Å². The lowest BCUT2D eigenvalue weighted by Gasteiger charge is -2.26. The lowest BCUT2D eigenvalue weighted by Crippen LogP contribution is -2.21. The number of aromatic nitrogens is 2. The summed E-state index contributed by atoms with van der Waals surface area (Å²) in [6.07, 6.45) is 4.75. The molecule has 1 aromatic heterocycles. The Labute approximate surface area is 85.3 Å². The maximum absolute atomic E-state index is 5.64. The lowest BCUT2D eigenvalue weighted by atomic mass is 10.0. The maximum Gasteiger partial charge on any atom is 0.109 e.